The summed E-state index contributed by atoms with van der Waals surface area (Å²) in [6.07, 6.45) is 1.75. The van der Waals surface area contributed by atoms with E-state index in [4.69, 9.17) is 23.2 Å². The molecule has 2 nitrogen and oxygen atoms in total. The fourth-order valence-electron chi connectivity index (χ4n) is 1.13. The molecule has 0 aliphatic heterocycles. The summed E-state index contributed by atoms with van der Waals surface area (Å²) in [7, 11) is 0. The van der Waals surface area contributed by atoms with Crippen LogP contribution in [-0.4, -0.2) is 5.91 Å². The normalized spacial score (nSPS) is 9.81. The lowest BCUT2D eigenvalue weighted by Crippen LogP contribution is -2.07. The largest absolute Gasteiger partial charge is 0.325 e. The van der Waals surface area contributed by atoms with Crippen molar-refractivity contribution in [3.05, 3.63) is 31.1 Å². The van der Waals surface area contributed by atoms with E-state index in [9.17, 15) is 4.79 Å². The summed E-state index contributed by atoms with van der Waals surface area (Å²) in [5.41, 5.74) is 1.26. The van der Waals surface area contributed by atoms with Gasteiger partial charge in [-0.3, -0.25) is 4.79 Å². The third-order valence-electron chi connectivity index (χ3n) is 1.65. The van der Waals surface area contributed by atoms with E-state index in [1.807, 2.05) is 0 Å². The molecule has 0 unspecified atom stereocenters. The first-order valence-electron chi connectivity index (χ1n) is 4.19. The number of hydrogen-bond acceptors (Lipinski definition) is 1. The Morgan fingerprint density at radius 3 is 2.50 bits per heavy atom. The van der Waals surface area contributed by atoms with Crippen molar-refractivity contribution in [1.82, 2.24) is 0 Å². The average molecular weight is 388 g/mol. The number of halogens is 4. The van der Waals surface area contributed by atoms with Gasteiger partial charge in [0, 0.05) is 17.5 Å². The highest BCUT2D eigenvalue weighted by atomic mass is 79.9. The zero-order valence-electron chi connectivity index (χ0n) is 8.15. The number of nitrogens with one attached hydrogen (secondary N) is 1. The van der Waals surface area contributed by atoms with Crippen molar-refractivity contribution in [3.8, 4) is 0 Å². The van der Waals surface area contributed by atoms with Crippen molar-refractivity contribution in [2.45, 2.75) is 6.92 Å². The van der Waals surface area contributed by atoms with Crippen LogP contribution in [0.3, 0.4) is 0 Å². The smallest absolute Gasteiger partial charge is 0.221 e. The number of rotatable bonds is 2. The summed E-state index contributed by atoms with van der Waals surface area (Å²) >= 11 is 18.4. The van der Waals surface area contributed by atoms with Gasteiger partial charge in [0.1, 0.15) is 0 Å². The highest BCUT2D eigenvalue weighted by molar-refractivity contribution is 9.28. The van der Waals surface area contributed by atoms with Gasteiger partial charge in [-0.25, -0.2) is 0 Å². The van der Waals surface area contributed by atoms with Crippen molar-refractivity contribution in [2.24, 2.45) is 0 Å². The number of anilines is 1. The molecule has 0 fully saturated rings. The first-order valence-corrected chi connectivity index (χ1v) is 6.53. The van der Waals surface area contributed by atoms with Gasteiger partial charge in [-0.15, -0.1) is 0 Å². The van der Waals surface area contributed by atoms with Crippen molar-refractivity contribution in [1.29, 1.82) is 0 Å². The summed E-state index contributed by atoms with van der Waals surface area (Å²) in [5.74, 6) is -0.190. The standard InChI is InChI=1S/C10H7Br2Cl2NO/c1-5(16)15-10-6(3-9(11)12)2-7(13)4-8(10)14/h2-4H,1H3,(H,15,16). The van der Waals surface area contributed by atoms with Gasteiger partial charge >= 0.3 is 0 Å². The lowest BCUT2D eigenvalue weighted by molar-refractivity contribution is -0.114. The molecule has 0 radical (unpaired) electrons. The van der Waals surface area contributed by atoms with Crippen LogP contribution in [0.2, 0.25) is 10.0 Å². The maximum atomic E-state index is 11.0. The van der Waals surface area contributed by atoms with Gasteiger partial charge in [-0.05, 0) is 50.1 Å². The minimum Gasteiger partial charge on any atom is -0.325 e. The van der Waals surface area contributed by atoms with Crippen LogP contribution in [0.25, 0.3) is 6.08 Å². The molecule has 1 N–H and O–H groups in total. The second-order valence-corrected chi connectivity index (χ2v) is 6.58. The molecule has 0 spiro atoms. The van der Waals surface area contributed by atoms with Crippen LogP contribution in [-0.2, 0) is 4.79 Å². The Balaban J connectivity index is 3.32. The lowest BCUT2D eigenvalue weighted by atomic mass is 10.1. The van der Waals surface area contributed by atoms with Crippen LogP contribution in [0.5, 0.6) is 0 Å². The molecule has 1 rings (SSSR count). The molecule has 0 atom stereocenters. The Bertz CT molecular complexity index is 456. The summed E-state index contributed by atoms with van der Waals surface area (Å²) in [6, 6.07) is 3.29. The van der Waals surface area contributed by atoms with Crippen LogP contribution in [0.1, 0.15) is 12.5 Å². The molecule has 1 aromatic rings. The molecule has 0 aliphatic carbocycles. The van der Waals surface area contributed by atoms with E-state index >= 15 is 0 Å². The molecule has 0 bridgehead atoms. The van der Waals surface area contributed by atoms with E-state index < -0.39 is 0 Å². The zero-order valence-corrected chi connectivity index (χ0v) is 12.8. The van der Waals surface area contributed by atoms with Crippen LogP contribution >= 0.6 is 55.1 Å². The van der Waals surface area contributed by atoms with Gasteiger partial charge in [0.15, 0.2) is 0 Å². The molecule has 16 heavy (non-hydrogen) atoms. The molecule has 0 aromatic heterocycles. The lowest BCUT2D eigenvalue weighted by Gasteiger charge is -2.09. The Morgan fingerprint density at radius 2 is 2.00 bits per heavy atom. The van der Waals surface area contributed by atoms with E-state index in [-0.39, 0.29) is 5.91 Å². The fourth-order valence-corrected chi connectivity index (χ4v) is 2.18. The first kappa shape index (κ1) is 14.0. The minimum atomic E-state index is -0.190. The Kier molecular flexibility index (Phi) is 5.31. The highest BCUT2D eigenvalue weighted by Crippen LogP contribution is 2.33. The summed E-state index contributed by atoms with van der Waals surface area (Å²) in [6.45, 7) is 1.42. The predicted molar refractivity (Wildman–Crippen MR) is 76.6 cm³/mol. The zero-order chi connectivity index (χ0) is 12.3. The molecule has 0 saturated carbocycles. The summed E-state index contributed by atoms with van der Waals surface area (Å²) in [4.78, 5) is 11.0. The second kappa shape index (κ2) is 6.05. The van der Waals surface area contributed by atoms with Crippen LogP contribution < -0.4 is 5.32 Å². The third-order valence-corrected chi connectivity index (χ3v) is 2.63. The molecule has 6 heteroatoms. The maximum absolute atomic E-state index is 11.0. The summed E-state index contributed by atoms with van der Waals surface area (Å²) in [5, 5.41) is 3.56. The van der Waals surface area contributed by atoms with E-state index in [1.165, 1.54) is 6.92 Å². The SMILES string of the molecule is CC(=O)Nc1c(Cl)cc(Cl)cc1C=C(Br)Br. The van der Waals surface area contributed by atoms with Gasteiger partial charge in [0.2, 0.25) is 5.91 Å². The summed E-state index contributed by atoms with van der Waals surface area (Å²) < 4.78 is 0.727. The van der Waals surface area contributed by atoms with Gasteiger partial charge in [-0.1, -0.05) is 23.2 Å². The van der Waals surface area contributed by atoms with Gasteiger partial charge in [0.05, 0.1) is 14.1 Å². The molecule has 0 saturated heterocycles. The average Bonchev–Trinajstić information content (AvgIpc) is 2.09. The van der Waals surface area contributed by atoms with Crippen molar-refractivity contribution < 1.29 is 4.79 Å². The number of hydrogen-bond donors (Lipinski definition) is 1. The van der Waals surface area contributed by atoms with E-state index in [1.54, 1.807) is 18.2 Å². The number of carbonyl (C=O) groups is 1. The minimum absolute atomic E-state index is 0.190. The van der Waals surface area contributed by atoms with E-state index in [0.29, 0.717) is 15.7 Å². The molecule has 1 amide bonds. The van der Waals surface area contributed by atoms with Crippen LogP contribution in [0, 0.1) is 0 Å². The number of carbonyl (C=O) groups excluding carboxylic acids is 1. The molecule has 0 heterocycles. The van der Waals surface area contributed by atoms with Gasteiger partial charge < -0.3 is 5.32 Å². The monoisotopic (exact) mass is 385 g/mol. The first-order chi connectivity index (χ1) is 7.40. The number of benzene rings is 1. The van der Waals surface area contributed by atoms with Crippen LogP contribution in [0.15, 0.2) is 15.5 Å². The van der Waals surface area contributed by atoms with Crippen molar-refractivity contribution in [3.63, 3.8) is 0 Å². The third kappa shape index (κ3) is 4.09. The van der Waals surface area contributed by atoms with Gasteiger partial charge in [0.25, 0.3) is 0 Å². The predicted octanol–water partition coefficient (Wildman–Crippen LogP) is 5.04. The van der Waals surface area contributed by atoms with Crippen molar-refractivity contribution in [2.75, 3.05) is 5.32 Å². The Labute approximate surface area is 120 Å². The molecular formula is C10H7Br2Cl2NO. The van der Waals surface area contributed by atoms with Crippen molar-refractivity contribution >= 4 is 72.7 Å². The molecule has 0 aliphatic rings. The van der Waals surface area contributed by atoms with E-state index in [0.717, 1.165) is 8.96 Å². The second-order valence-electron chi connectivity index (χ2n) is 2.97. The Morgan fingerprint density at radius 1 is 1.38 bits per heavy atom. The Hall–Kier alpha value is -0.0300. The van der Waals surface area contributed by atoms with Crippen LogP contribution in [0.4, 0.5) is 5.69 Å². The van der Waals surface area contributed by atoms with Gasteiger partial charge in [-0.2, -0.15) is 0 Å². The quantitative estimate of drug-likeness (QED) is 0.756. The number of amides is 1. The maximum Gasteiger partial charge on any atom is 0.221 e. The molecule has 86 valence electrons. The highest BCUT2D eigenvalue weighted by Gasteiger charge is 2.09. The molecule has 1 aromatic carbocycles. The van der Waals surface area contributed by atoms with E-state index in [2.05, 4.69) is 37.2 Å². The fraction of sp³-hybridized carbons (Fsp3) is 0.100. The molecular weight excluding hydrogens is 381 g/mol. The topological polar surface area (TPSA) is 29.1 Å².